The molecule has 0 saturated heterocycles. The SMILES string of the molecule is CCOc1cc(/C=C(\C#N)C(=O)Nc2ccc(OC)cc2)cc(I)c1Cc1cc(C)cc(C)c1. The van der Waals surface area contributed by atoms with Crippen LogP contribution in [0.5, 0.6) is 11.5 Å². The molecule has 0 fully saturated rings. The molecule has 0 atom stereocenters. The quantitative estimate of drug-likeness (QED) is 0.193. The Bertz CT molecular complexity index is 1240. The van der Waals surface area contributed by atoms with Crippen LogP contribution in [0.15, 0.2) is 60.2 Å². The highest BCUT2D eigenvalue weighted by Crippen LogP contribution is 2.30. The summed E-state index contributed by atoms with van der Waals surface area (Å²) < 4.78 is 12.1. The van der Waals surface area contributed by atoms with Crippen molar-refractivity contribution in [2.45, 2.75) is 27.2 Å². The predicted octanol–water partition coefficient (Wildman–Crippen LogP) is 6.45. The number of benzene rings is 3. The van der Waals surface area contributed by atoms with Gasteiger partial charge in [-0.15, -0.1) is 0 Å². The maximum Gasteiger partial charge on any atom is 0.266 e. The molecule has 0 radical (unpaired) electrons. The molecule has 0 heterocycles. The highest BCUT2D eigenvalue weighted by molar-refractivity contribution is 14.1. The first-order chi connectivity index (χ1) is 16.3. The Morgan fingerprint density at radius 2 is 1.76 bits per heavy atom. The number of methoxy groups -OCH3 is 1. The highest BCUT2D eigenvalue weighted by Gasteiger charge is 2.14. The standard InChI is InChI=1S/C28H27IN2O3/c1-5-34-27-16-21(15-26(29)25(27)14-20-11-18(2)10-19(3)12-20)13-22(17-30)28(32)31-23-6-8-24(33-4)9-7-23/h6-13,15-16H,5,14H2,1-4H3,(H,31,32)/b22-13+. The van der Waals surface area contributed by atoms with Crippen LogP contribution in [0.25, 0.3) is 6.08 Å². The lowest BCUT2D eigenvalue weighted by Gasteiger charge is -2.15. The minimum atomic E-state index is -0.472. The van der Waals surface area contributed by atoms with Gasteiger partial charge in [-0.25, -0.2) is 0 Å². The second kappa shape index (κ2) is 11.7. The number of nitrogens with one attached hydrogen (secondary N) is 1. The lowest BCUT2D eigenvalue weighted by atomic mass is 9.98. The number of amides is 1. The largest absolute Gasteiger partial charge is 0.497 e. The molecule has 3 aromatic rings. The number of nitrogens with zero attached hydrogens (tertiary/aromatic N) is 1. The Morgan fingerprint density at radius 1 is 1.09 bits per heavy atom. The molecule has 34 heavy (non-hydrogen) atoms. The summed E-state index contributed by atoms with van der Waals surface area (Å²) in [5, 5.41) is 12.4. The van der Waals surface area contributed by atoms with Crippen molar-refractivity contribution < 1.29 is 14.3 Å². The summed E-state index contributed by atoms with van der Waals surface area (Å²) in [5.74, 6) is 0.973. The average Bonchev–Trinajstić information content (AvgIpc) is 2.79. The zero-order valence-electron chi connectivity index (χ0n) is 19.7. The number of hydrogen-bond acceptors (Lipinski definition) is 4. The van der Waals surface area contributed by atoms with Gasteiger partial charge < -0.3 is 14.8 Å². The molecule has 0 aliphatic carbocycles. The second-order valence-corrected chi connectivity index (χ2v) is 9.10. The topological polar surface area (TPSA) is 71.3 Å². The monoisotopic (exact) mass is 566 g/mol. The molecule has 0 aliphatic rings. The van der Waals surface area contributed by atoms with E-state index in [-0.39, 0.29) is 5.57 Å². The number of ether oxygens (including phenoxy) is 2. The van der Waals surface area contributed by atoms with Crippen LogP contribution in [0.4, 0.5) is 5.69 Å². The van der Waals surface area contributed by atoms with E-state index in [2.05, 4.69) is 60.0 Å². The zero-order valence-corrected chi connectivity index (χ0v) is 21.9. The van der Waals surface area contributed by atoms with Crippen LogP contribution in [-0.2, 0) is 11.2 Å². The first-order valence-electron chi connectivity index (χ1n) is 10.9. The van der Waals surface area contributed by atoms with E-state index in [1.807, 2.05) is 25.1 Å². The molecular formula is C28H27IN2O3. The molecule has 1 amide bonds. The van der Waals surface area contributed by atoms with E-state index in [4.69, 9.17) is 9.47 Å². The molecule has 0 unspecified atom stereocenters. The van der Waals surface area contributed by atoms with Crippen molar-refractivity contribution in [3.63, 3.8) is 0 Å². The van der Waals surface area contributed by atoms with Gasteiger partial charge in [-0.05, 0) is 97.0 Å². The third-order valence-corrected chi connectivity index (χ3v) is 6.13. The molecule has 174 valence electrons. The van der Waals surface area contributed by atoms with Crippen LogP contribution in [-0.4, -0.2) is 19.6 Å². The van der Waals surface area contributed by atoms with Crippen molar-refractivity contribution in [1.29, 1.82) is 5.26 Å². The van der Waals surface area contributed by atoms with E-state index in [1.165, 1.54) is 16.7 Å². The van der Waals surface area contributed by atoms with Gasteiger partial charge in [-0.1, -0.05) is 29.3 Å². The molecule has 5 nitrogen and oxygen atoms in total. The third-order valence-electron chi connectivity index (χ3n) is 5.16. The Balaban J connectivity index is 1.90. The first kappa shape index (κ1) is 25.3. The van der Waals surface area contributed by atoms with Gasteiger partial charge in [0.05, 0.1) is 13.7 Å². The van der Waals surface area contributed by atoms with E-state index in [0.717, 1.165) is 26.9 Å². The van der Waals surface area contributed by atoms with Crippen LogP contribution in [0.3, 0.4) is 0 Å². The first-order valence-corrected chi connectivity index (χ1v) is 12.0. The van der Waals surface area contributed by atoms with Crippen molar-refractivity contribution in [1.82, 2.24) is 0 Å². The van der Waals surface area contributed by atoms with Gasteiger partial charge >= 0.3 is 0 Å². The van der Waals surface area contributed by atoms with Crippen molar-refractivity contribution >= 4 is 40.3 Å². The van der Waals surface area contributed by atoms with Crippen LogP contribution in [0.2, 0.25) is 0 Å². The number of halogens is 1. The van der Waals surface area contributed by atoms with Gasteiger partial charge in [0.25, 0.3) is 5.91 Å². The number of anilines is 1. The number of carbonyl (C=O) groups excluding carboxylic acids is 1. The van der Waals surface area contributed by atoms with Crippen molar-refractivity contribution in [2.75, 3.05) is 19.0 Å². The molecule has 0 spiro atoms. The smallest absolute Gasteiger partial charge is 0.266 e. The van der Waals surface area contributed by atoms with E-state index in [0.29, 0.717) is 18.0 Å². The molecule has 0 saturated carbocycles. The zero-order chi connectivity index (χ0) is 24.7. The molecule has 1 N–H and O–H groups in total. The summed E-state index contributed by atoms with van der Waals surface area (Å²) >= 11 is 2.29. The van der Waals surface area contributed by atoms with Gasteiger partial charge in [-0.2, -0.15) is 5.26 Å². The molecule has 0 aliphatic heterocycles. The summed E-state index contributed by atoms with van der Waals surface area (Å²) in [6, 6.07) is 19.3. The number of aryl methyl sites for hydroxylation is 2. The van der Waals surface area contributed by atoms with Crippen LogP contribution < -0.4 is 14.8 Å². The van der Waals surface area contributed by atoms with Gasteiger partial charge in [0.1, 0.15) is 23.1 Å². The van der Waals surface area contributed by atoms with Crippen LogP contribution in [0, 0.1) is 28.7 Å². The number of nitriles is 1. The normalized spacial score (nSPS) is 11.0. The van der Waals surface area contributed by atoms with Gasteiger partial charge in [-0.3, -0.25) is 4.79 Å². The fraction of sp³-hybridized carbons (Fsp3) is 0.214. The van der Waals surface area contributed by atoms with E-state index in [1.54, 1.807) is 37.5 Å². The highest BCUT2D eigenvalue weighted by atomic mass is 127. The molecule has 0 bridgehead atoms. The van der Waals surface area contributed by atoms with E-state index >= 15 is 0 Å². The van der Waals surface area contributed by atoms with E-state index < -0.39 is 5.91 Å². The Morgan fingerprint density at radius 3 is 2.35 bits per heavy atom. The summed E-state index contributed by atoms with van der Waals surface area (Å²) in [6.07, 6.45) is 2.33. The van der Waals surface area contributed by atoms with Crippen molar-refractivity contribution in [3.8, 4) is 17.6 Å². The Hall–Kier alpha value is -3.31. The predicted molar refractivity (Wildman–Crippen MR) is 144 cm³/mol. The number of hydrogen-bond donors (Lipinski definition) is 1. The fourth-order valence-corrected chi connectivity index (χ4v) is 4.55. The lowest BCUT2D eigenvalue weighted by Crippen LogP contribution is -2.13. The minimum Gasteiger partial charge on any atom is -0.497 e. The van der Waals surface area contributed by atoms with Crippen molar-refractivity contribution in [2.24, 2.45) is 0 Å². The molecule has 6 heteroatoms. The van der Waals surface area contributed by atoms with Gasteiger partial charge in [0.15, 0.2) is 0 Å². The summed E-state index contributed by atoms with van der Waals surface area (Å²) in [4.78, 5) is 12.7. The molecular weight excluding hydrogens is 539 g/mol. The molecule has 3 rings (SSSR count). The summed E-state index contributed by atoms with van der Waals surface area (Å²) in [7, 11) is 1.58. The maximum atomic E-state index is 12.7. The van der Waals surface area contributed by atoms with Gasteiger partial charge in [0, 0.05) is 21.2 Å². The minimum absolute atomic E-state index is 0.0103. The Labute approximate surface area is 214 Å². The fourth-order valence-electron chi connectivity index (χ4n) is 3.73. The van der Waals surface area contributed by atoms with Crippen LogP contribution >= 0.6 is 22.6 Å². The molecule has 3 aromatic carbocycles. The van der Waals surface area contributed by atoms with E-state index in [9.17, 15) is 10.1 Å². The third kappa shape index (κ3) is 6.61. The average molecular weight is 566 g/mol. The van der Waals surface area contributed by atoms with Crippen LogP contribution in [0.1, 0.15) is 34.7 Å². The van der Waals surface area contributed by atoms with Gasteiger partial charge in [0.2, 0.25) is 0 Å². The summed E-state index contributed by atoms with van der Waals surface area (Å²) in [5.41, 5.74) is 6.09. The number of carbonyl (C=O) groups is 1. The lowest BCUT2D eigenvalue weighted by molar-refractivity contribution is -0.112. The Kier molecular flexibility index (Phi) is 8.72. The number of rotatable bonds is 8. The van der Waals surface area contributed by atoms with Crippen molar-refractivity contribution in [3.05, 3.63) is 91.6 Å². The molecule has 0 aromatic heterocycles. The maximum absolute atomic E-state index is 12.7. The second-order valence-electron chi connectivity index (χ2n) is 7.94. The summed E-state index contributed by atoms with van der Waals surface area (Å²) in [6.45, 7) is 6.66.